The summed E-state index contributed by atoms with van der Waals surface area (Å²) < 4.78 is 21.6. The Bertz CT molecular complexity index is 231. The summed E-state index contributed by atoms with van der Waals surface area (Å²) in [6.07, 6.45) is 1.22. The summed E-state index contributed by atoms with van der Waals surface area (Å²) in [5.41, 5.74) is 0. The molecule has 11 heavy (non-hydrogen) atoms. The summed E-state index contributed by atoms with van der Waals surface area (Å²) >= 11 is 0. The average molecular weight is 178 g/mol. The lowest BCUT2D eigenvalue weighted by atomic mass is 10.3. The highest BCUT2D eigenvalue weighted by Gasteiger charge is 2.25. The van der Waals surface area contributed by atoms with Crippen molar-refractivity contribution in [3.63, 3.8) is 0 Å². The van der Waals surface area contributed by atoms with Crippen LogP contribution in [0, 0.1) is 0 Å². The van der Waals surface area contributed by atoms with Crippen molar-refractivity contribution in [3.8, 4) is 0 Å². The molecular weight excluding hydrogens is 164 g/mol. The molecule has 0 fully saturated rings. The SMILES string of the molecule is CC(C)(C)S(=O)(=O)C=CCO. The largest absolute Gasteiger partial charge is 0.392 e. The van der Waals surface area contributed by atoms with E-state index in [9.17, 15) is 8.42 Å². The Morgan fingerprint density at radius 2 is 1.82 bits per heavy atom. The van der Waals surface area contributed by atoms with Gasteiger partial charge in [0.15, 0.2) is 9.84 Å². The molecule has 4 heteroatoms. The molecule has 0 radical (unpaired) electrons. The van der Waals surface area contributed by atoms with Crippen LogP contribution in [0.1, 0.15) is 20.8 Å². The molecular formula is C7H14O3S. The number of sulfone groups is 1. The van der Waals surface area contributed by atoms with Crippen LogP contribution in [0.25, 0.3) is 0 Å². The van der Waals surface area contributed by atoms with Crippen molar-refractivity contribution < 1.29 is 13.5 Å². The maximum atomic E-state index is 11.2. The van der Waals surface area contributed by atoms with Gasteiger partial charge in [0.25, 0.3) is 0 Å². The van der Waals surface area contributed by atoms with E-state index in [1.165, 1.54) is 6.08 Å². The summed E-state index contributed by atoms with van der Waals surface area (Å²) in [4.78, 5) is 0. The number of hydrogen-bond acceptors (Lipinski definition) is 3. The van der Waals surface area contributed by atoms with Crippen LogP contribution in [-0.2, 0) is 9.84 Å². The first-order valence-corrected chi connectivity index (χ1v) is 4.88. The van der Waals surface area contributed by atoms with Crippen LogP contribution in [0.4, 0.5) is 0 Å². The molecule has 0 atom stereocenters. The Balaban J connectivity index is 4.64. The maximum absolute atomic E-state index is 11.2. The van der Waals surface area contributed by atoms with E-state index in [0.717, 1.165) is 5.41 Å². The Hall–Kier alpha value is -0.350. The molecule has 0 saturated heterocycles. The molecule has 0 aliphatic rings. The van der Waals surface area contributed by atoms with Crippen LogP contribution in [0.2, 0.25) is 0 Å². The van der Waals surface area contributed by atoms with E-state index in [0.29, 0.717) is 0 Å². The molecule has 0 unspecified atom stereocenters. The molecule has 0 aliphatic carbocycles. The lowest BCUT2D eigenvalue weighted by molar-refractivity contribution is 0.343. The van der Waals surface area contributed by atoms with Gasteiger partial charge in [-0.25, -0.2) is 8.42 Å². The van der Waals surface area contributed by atoms with Gasteiger partial charge in [-0.1, -0.05) is 0 Å². The first-order chi connectivity index (χ1) is 4.81. The molecule has 0 heterocycles. The second-order valence-corrected chi connectivity index (χ2v) is 5.80. The molecule has 0 aromatic carbocycles. The number of hydrogen-bond donors (Lipinski definition) is 1. The van der Waals surface area contributed by atoms with E-state index in [1.807, 2.05) is 0 Å². The normalized spacial score (nSPS) is 14.2. The fourth-order valence-corrected chi connectivity index (χ4v) is 1.12. The molecule has 1 N–H and O–H groups in total. The fourth-order valence-electron chi connectivity index (χ4n) is 0.374. The van der Waals surface area contributed by atoms with Crippen LogP contribution in [0.15, 0.2) is 11.5 Å². The van der Waals surface area contributed by atoms with Gasteiger partial charge in [0.1, 0.15) is 0 Å². The average Bonchev–Trinajstić information content (AvgIpc) is 1.81. The summed E-state index contributed by atoms with van der Waals surface area (Å²) in [6.45, 7) is 4.60. The summed E-state index contributed by atoms with van der Waals surface area (Å²) in [7, 11) is -3.20. The highest BCUT2D eigenvalue weighted by molar-refractivity contribution is 7.95. The molecule has 0 aliphatic heterocycles. The smallest absolute Gasteiger partial charge is 0.176 e. The third kappa shape index (κ3) is 3.03. The first kappa shape index (κ1) is 10.7. The Labute approximate surface area is 67.7 Å². The van der Waals surface area contributed by atoms with E-state index in [4.69, 9.17) is 5.11 Å². The van der Waals surface area contributed by atoms with E-state index in [-0.39, 0.29) is 6.61 Å². The first-order valence-electron chi connectivity index (χ1n) is 3.33. The minimum atomic E-state index is -3.20. The van der Waals surface area contributed by atoms with Gasteiger partial charge in [-0.2, -0.15) is 0 Å². The molecule has 0 aromatic heterocycles. The second kappa shape index (κ2) is 3.36. The van der Waals surface area contributed by atoms with Gasteiger partial charge in [-0.15, -0.1) is 0 Å². The molecule has 0 spiro atoms. The lowest BCUT2D eigenvalue weighted by Crippen LogP contribution is -2.25. The van der Waals surface area contributed by atoms with Crippen molar-refractivity contribution in [1.29, 1.82) is 0 Å². The van der Waals surface area contributed by atoms with Crippen LogP contribution >= 0.6 is 0 Å². The molecule has 0 rings (SSSR count). The van der Waals surface area contributed by atoms with Crippen LogP contribution in [-0.4, -0.2) is 24.9 Å². The van der Waals surface area contributed by atoms with Crippen molar-refractivity contribution in [2.45, 2.75) is 25.5 Å². The second-order valence-electron chi connectivity index (χ2n) is 3.21. The van der Waals surface area contributed by atoms with Gasteiger partial charge in [0.05, 0.1) is 11.4 Å². The maximum Gasteiger partial charge on any atom is 0.176 e. The van der Waals surface area contributed by atoms with E-state index < -0.39 is 14.6 Å². The van der Waals surface area contributed by atoms with Crippen molar-refractivity contribution in [2.24, 2.45) is 0 Å². The zero-order valence-corrected chi connectivity index (χ0v) is 7.85. The van der Waals surface area contributed by atoms with Crippen LogP contribution < -0.4 is 0 Å². The van der Waals surface area contributed by atoms with Crippen LogP contribution in [0.5, 0.6) is 0 Å². The van der Waals surface area contributed by atoms with Gasteiger partial charge in [-0.3, -0.25) is 0 Å². The molecule has 66 valence electrons. The number of aliphatic hydroxyl groups is 1. The van der Waals surface area contributed by atoms with Crippen molar-refractivity contribution in [3.05, 3.63) is 11.5 Å². The standard InChI is InChI=1S/C7H14O3S/c1-7(2,3)11(9,10)6-4-5-8/h4,6,8H,5H2,1-3H3. The van der Waals surface area contributed by atoms with Gasteiger partial charge in [-0.05, 0) is 26.8 Å². The lowest BCUT2D eigenvalue weighted by Gasteiger charge is -2.15. The predicted molar refractivity (Wildman–Crippen MR) is 44.9 cm³/mol. The van der Waals surface area contributed by atoms with Gasteiger partial charge >= 0.3 is 0 Å². The Kier molecular flexibility index (Phi) is 3.26. The molecule has 0 saturated carbocycles. The highest BCUT2D eigenvalue weighted by atomic mass is 32.2. The predicted octanol–water partition coefficient (Wildman–Crippen LogP) is 0.706. The van der Waals surface area contributed by atoms with Crippen molar-refractivity contribution >= 4 is 9.84 Å². The number of rotatable bonds is 2. The molecule has 0 amide bonds. The quantitative estimate of drug-likeness (QED) is 0.677. The zero-order chi connectivity index (χ0) is 9.12. The summed E-state index contributed by atoms with van der Waals surface area (Å²) in [6, 6.07) is 0. The monoisotopic (exact) mass is 178 g/mol. The fraction of sp³-hybridized carbons (Fsp3) is 0.714. The minimum Gasteiger partial charge on any atom is -0.392 e. The topological polar surface area (TPSA) is 54.4 Å². The minimum absolute atomic E-state index is 0.241. The Morgan fingerprint density at radius 3 is 2.09 bits per heavy atom. The van der Waals surface area contributed by atoms with E-state index in [1.54, 1.807) is 20.8 Å². The van der Waals surface area contributed by atoms with Crippen LogP contribution in [0.3, 0.4) is 0 Å². The van der Waals surface area contributed by atoms with E-state index in [2.05, 4.69) is 0 Å². The van der Waals surface area contributed by atoms with Crippen molar-refractivity contribution in [2.75, 3.05) is 6.61 Å². The summed E-state index contributed by atoms with van der Waals surface area (Å²) in [5, 5.41) is 9.39. The summed E-state index contributed by atoms with van der Waals surface area (Å²) in [5.74, 6) is 0. The van der Waals surface area contributed by atoms with Crippen molar-refractivity contribution in [1.82, 2.24) is 0 Å². The Morgan fingerprint density at radius 1 is 1.36 bits per heavy atom. The highest BCUT2D eigenvalue weighted by Crippen LogP contribution is 2.16. The van der Waals surface area contributed by atoms with E-state index >= 15 is 0 Å². The third-order valence-electron chi connectivity index (χ3n) is 1.23. The van der Waals surface area contributed by atoms with Gasteiger partial charge < -0.3 is 5.11 Å². The molecule has 0 bridgehead atoms. The number of aliphatic hydroxyl groups excluding tert-OH is 1. The van der Waals surface area contributed by atoms with Gasteiger partial charge in [0.2, 0.25) is 0 Å². The van der Waals surface area contributed by atoms with Gasteiger partial charge in [0, 0.05) is 5.41 Å². The third-order valence-corrected chi connectivity index (χ3v) is 3.49. The molecule has 3 nitrogen and oxygen atoms in total. The zero-order valence-electron chi connectivity index (χ0n) is 7.03. The molecule has 0 aromatic rings.